The number of carboxylic acid groups (broad SMARTS) is 1. The number of nitrogens with one attached hydrogen (secondary N) is 1. The van der Waals surface area contributed by atoms with Gasteiger partial charge in [-0.3, -0.25) is 10.1 Å². The van der Waals surface area contributed by atoms with E-state index in [1.807, 2.05) is 79.7 Å². The van der Waals surface area contributed by atoms with Crippen molar-refractivity contribution in [1.29, 1.82) is 0 Å². The SMILES string of the molecule is CN(C)c1ccc(C(O)N[C@@H](CCc2ccccc2)C(=O)O)cc1CCc1ccc(O)cc1. The van der Waals surface area contributed by atoms with Crippen molar-refractivity contribution in [2.45, 2.75) is 38.0 Å². The number of aromatic hydroxyl groups is 1. The quantitative estimate of drug-likeness (QED) is 0.333. The van der Waals surface area contributed by atoms with E-state index < -0.39 is 18.2 Å². The molecule has 174 valence electrons. The maximum atomic E-state index is 11.8. The first-order valence-corrected chi connectivity index (χ1v) is 11.1. The first kappa shape index (κ1) is 24.3. The van der Waals surface area contributed by atoms with E-state index in [1.54, 1.807) is 12.1 Å². The highest BCUT2D eigenvalue weighted by Crippen LogP contribution is 2.25. The lowest BCUT2D eigenvalue weighted by molar-refractivity contribution is -0.140. The molecule has 2 atom stereocenters. The van der Waals surface area contributed by atoms with Crippen molar-refractivity contribution in [3.8, 4) is 5.75 Å². The monoisotopic (exact) mass is 448 g/mol. The molecule has 0 bridgehead atoms. The van der Waals surface area contributed by atoms with Crippen LogP contribution in [0.4, 0.5) is 5.69 Å². The van der Waals surface area contributed by atoms with Gasteiger partial charge in [0.15, 0.2) is 0 Å². The van der Waals surface area contributed by atoms with Gasteiger partial charge in [-0.1, -0.05) is 48.5 Å². The number of hydrogen-bond acceptors (Lipinski definition) is 5. The summed E-state index contributed by atoms with van der Waals surface area (Å²) in [6, 6.07) is 21.7. The van der Waals surface area contributed by atoms with Gasteiger partial charge in [0, 0.05) is 19.8 Å². The molecule has 0 amide bonds. The maximum Gasteiger partial charge on any atom is 0.320 e. The first-order chi connectivity index (χ1) is 15.8. The van der Waals surface area contributed by atoms with Crippen LogP contribution in [0.2, 0.25) is 0 Å². The van der Waals surface area contributed by atoms with Crippen LogP contribution >= 0.6 is 0 Å². The molecule has 6 heteroatoms. The van der Waals surface area contributed by atoms with E-state index >= 15 is 0 Å². The number of benzene rings is 3. The summed E-state index contributed by atoms with van der Waals surface area (Å²) in [6.07, 6.45) is 1.41. The summed E-state index contributed by atoms with van der Waals surface area (Å²) in [4.78, 5) is 13.8. The van der Waals surface area contributed by atoms with Crippen molar-refractivity contribution in [3.05, 3.63) is 95.1 Å². The van der Waals surface area contributed by atoms with Gasteiger partial charge in [0.25, 0.3) is 0 Å². The molecule has 1 unspecified atom stereocenters. The van der Waals surface area contributed by atoms with E-state index in [1.165, 1.54) is 0 Å². The summed E-state index contributed by atoms with van der Waals surface area (Å²) >= 11 is 0. The summed E-state index contributed by atoms with van der Waals surface area (Å²) in [7, 11) is 3.94. The van der Waals surface area contributed by atoms with Crippen molar-refractivity contribution in [2.75, 3.05) is 19.0 Å². The van der Waals surface area contributed by atoms with E-state index in [9.17, 15) is 20.1 Å². The van der Waals surface area contributed by atoms with Gasteiger partial charge < -0.3 is 20.2 Å². The largest absolute Gasteiger partial charge is 0.508 e. The van der Waals surface area contributed by atoms with E-state index in [-0.39, 0.29) is 5.75 Å². The minimum Gasteiger partial charge on any atom is -0.508 e. The molecule has 0 aromatic heterocycles. The Bertz CT molecular complexity index is 1040. The van der Waals surface area contributed by atoms with Gasteiger partial charge in [-0.25, -0.2) is 0 Å². The average molecular weight is 449 g/mol. The second kappa shape index (κ2) is 11.5. The lowest BCUT2D eigenvalue weighted by Gasteiger charge is -2.23. The predicted molar refractivity (Wildman–Crippen MR) is 131 cm³/mol. The third kappa shape index (κ3) is 7.07. The smallest absolute Gasteiger partial charge is 0.320 e. The summed E-state index contributed by atoms with van der Waals surface area (Å²) in [5, 5.41) is 32.8. The summed E-state index contributed by atoms with van der Waals surface area (Å²) in [6.45, 7) is 0. The Morgan fingerprint density at radius 1 is 0.909 bits per heavy atom. The topological polar surface area (TPSA) is 93.0 Å². The number of carbonyl (C=O) groups is 1. The summed E-state index contributed by atoms with van der Waals surface area (Å²) in [5.74, 6) is -0.744. The standard InChI is InChI=1S/C27H32N2O4/c1-29(2)25-17-13-22(18-21(25)12-8-20-9-14-23(30)15-10-20)26(31)28-24(27(32)33)16-11-19-6-4-3-5-7-19/h3-7,9-10,13-15,17-18,24,26,28,30-31H,8,11-12,16H2,1-2H3,(H,32,33)/t24-,26?/m0/s1. The molecule has 0 fully saturated rings. The van der Waals surface area contributed by atoms with Gasteiger partial charge in [-0.2, -0.15) is 0 Å². The number of anilines is 1. The molecule has 3 aromatic carbocycles. The zero-order valence-corrected chi connectivity index (χ0v) is 19.1. The lowest BCUT2D eigenvalue weighted by atomic mass is 9.99. The Morgan fingerprint density at radius 2 is 1.58 bits per heavy atom. The zero-order valence-electron chi connectivity index (χ0n) is 19.1. The first-order valence-electron chi connectivity index (χ1n) is 11.1. The zero-order chi connectivity index (χ0) is 23.8. The average Bonchev–Trinajstić information content (AvgIpc) is 2.81. The van der Waals surface area contributed by atoms with Gasteiger partial charge in [0.2, 0.25) is 0 Å². The highest BCUT2D eigenvalue weighted by molar-refractivity contribution is 5.73. The molecule has 3 aromatic rings. The van der Waals surface area contributed by atoms with Crippen LogP contribution < -0.4 is 10.2 Å². The number of aliphatic carboxylic acids is 1. The molecule has 0 radical (unpaired) electrons. The molecule has 0 saturated heterocycles. The predicted octanol–water partition coefficient (Wildman–Crippen LogP) is 3.91. The van der Waals surface area contributed by atoms with Crippen LogP contribution in [-0.2, 0) is 24.1 Å². The van der Waals surface area contributed by atoms with Gasteiger partial charge >= 0.3 is 5.97 Å². The molecule has 3 rings (SSSR count). The molecule has 0 aliphatic carbocycles. The number of aliphatic hydroxyl groups is 1. The Labute approximate surface area is 195 Å². The van der Waals surface area contributed by atoms with E-state index in [0.29, 0.717) is 18.4 Å². The van der Waals surface area contributed by atoms with Crippen LogP contribution in [0.15, 0.2) is 72.8 Å². The molecule has 33 heavy (non-hydrogen) atoms. The minimum absolute atomic E-state index is 0.240. The van der Waals surface area contributed by atoms with Crippen molar-refractivity contribution in [3.63, 3.8) is 0 Å². The molecule has 0 heterocycles. The minimum atomic E-state index is -1.09. The number of hydrogen-bond donors (Lipinski definition) is 4. The fourth-order valence-corrected chi connectivity index (χ4v) is 3.87. The van der Waals surface area contributed by atoms with Crippen LogP contribution in [0, 0.1) is 0 Å². The van der Waals surface area contributed by atoms with Crippen LogP contribution in [0.5, 0.6) is 5.75 Å². The summed E-state index contributed by atoms with van der Waals surface area (Å²) in [5.41, 5.74) is 4.90. The summed E-state index contributed by atoms with van der Waals surface area (Å²) < 4.78 is 0. The number of phenols is 1. The number of rotatable bonds is 11. The molecule has 6 nitrogen and oxygen atoms in total. The second-order valence-corrected chi connectivity index (χ2v) is 8.43. The van der Waals surface area contributed by atoms with Crippen molar-refractivity contribution >= 4 is 11.7 Å². The lowest BCUT2D eigenvalue weighted by Crippen LogP contribution is -2.39. The Balaban J connectivity index is 1.71. The van der Waals surface area contributed by atoms with Gasteiger partial charge in [0.05, 0.1) is 0 Å². The Hall–Kier alpha value is -3.35. The highest BCUT2D eigenvalue weighted by Gasteiger charge is 2.22. The molecule has 0 saturated carbocycles. The fraction of sp³-hybridized carbons (Fsp3) is 0.296. The third-order valence-electron chi connectivity index (χ3n) is 5.74. The van der Waals surface area contributed by atoms with E-state index in [0.717, 1.165) is 35.2 Å². The second-order valence-electron chi connectivity index (χ2n) is 8.43. The van der Waals surface area contributed by atoms with Crippen LogP contribution in [-0.4, -0.2) is 41.4 Å². The Morgan fingerprint density at radius 3 is 2.21 bits per heavy atom. The van der Waals surface area contributed by atoms with Crippen LogP contribution in [0.1, 0.15) is 34.9 Å². The van der Waals surface area contributed by atoms with Gasteiger partial charge in [-0.05, 0) is 72.2 Å². The van der Waals surface area contributed by atoms with Crippen LogP contribution in [0.3, 0.4) is 0 Å². The van der Waals surface area contributed by atoms with Gasteiger partial charge in [0.1, 0.15) is 18.0 Å². The third-order valence-corrected chi connectivity index (χ3v) is 5.74. The van der Waals surface area contributed by atoms with Crippen LogP contribution in [0.25, 0.3) is 0 Å². The van der Waals surface area contributed by atoms with E-state index in [2.05, 4.69) is 5.32 Å². The van der Waals surface area contributed by atoms with Crippen molar-refractivity contribution < 1.29 is 20.1 Å². The number of aliphatic hydroxyl groups excluding tert-OH is 1. The molecule has 0 aliphatic heterocycles. The van der Waals surface area contributed by atoms with Crippen molar-refractivity contribution in [2.24, 2.45) is 0 Å². The van der Waals surface area contributed by atoms with Crippen molar-refractivity contribution in [1.82, 2.24) is 5.32 Å². The highest BCUT2D eigenvalue weighted by atomic mass is 16.4. The molecule has 0 aliphatic rings. The van der Waals surface area contributed by atoms with E-state index in [4.69, 9.17) is 0 Å². The van der Waals surface area contributed by atoms with Gasteiger partial charge in [-0.15, -0.1) is 0 Å². The number of nitrogens with zero attached hydrogens (tertiary/aromatic N) is 1. The Kier molecular flexibility index (Phi) is 8.46. The number of aryl methyl sites for hydroxylation is 3. The number of carboxylic acids is 1. The molecule has 4 N–H and O–H groups in total. The molecular weight excluding hydrogens is 416 g/mol. The maximum absolute atomic E-state index is 11.8. The molecule has 0 spiro atoms. The normalized spacial score (nSPS) is 12.8. The fourth-order valence-electron chi connectivity index (χ4n) is 3.87. The molecular formula is C27H32N2O4. The number of phenolic OH excluding ortho intramolecular Hbond substituents is 1.